The molecule has 4 nitrogen and oxygen atoms in total. The third-order valence-electron chi connectivity index (χ3n) is 4.25. The Balaban J connectivity index is 1.65. The first-order valence-corrected chi connectivity index (χ1v) is 6.73. The molecule has 2 atom stereocenters. The molecule has 0 amide bonds. The van der Waals surface area contributed by atoms with Gasteiger partial charge in [-0.1, -0.05) is 19.3 Å². The number of rotatable bonds is 7. The molecule has 2 rings (SSSR count). The predicted molar refractivity (Wildman–Crippen MR) is 64.7 cm³/mol. The molecule has 0 aromatic heterocycles. The molecule has 17 heavy (non-hydrogen) atoms. The summed E-state index contributed by atoms with van der Waals surface area (Å²) in [7, 11) is 0. The lowest BCUT2D eigenvalue weighted by Gasteiger charge is -2.26. The van der Waals surface area contributed by atoms with E-state index in [9.17, 15) is 4.79 Å². The van der Waals surface area contributed by atoms with E-state index >= 15 is 0 Å². The van der Waals surface area contributed by atoms with E-state index in [-0.39, 0.29) is 5.92 Å². The van der Waals surface area contributed by atoms with Crippen molar-refractivity contribution in [3.05, 3.63) is 0 Å². The predicted octanol–water partition coefficient (Wildman–Crippen LogP) is 1.78. The quantitative estimate of drug-likeness (QED) is 0.666. The number of ether oxygens (including phenoxy) is 1. The first-order valence-electron chi connectivity index (χ1n) is 6.73. The van der Waals surface area contributed by atoms with Gasteiger partial charge in [-0.15, -0.1) is 0 Å². The van der Waals surface area contributed by atoms with E-state index in [1.54, 1.807) is 0 Å². The Kier molecular flexibility index (Phi) is 4.05. The summed E-state index contributed by atoms with van der Waals surface area (Å²) in [5.41, 5.74) is 4.96. The van der Waals surface area contributed by atoms with Crippen LogP contribution in [0.25, 0.3) is 0 Å². The van der Waals surface area contributed by atoms with Crippen molar-refractivity contribution in [3.63, 3.8) is 0 Å². The first kappa shape index (κ1) is 12.8. The zero-order valence-corrected chi connectivity index (χ0v) is 10.4. The molecule has 0 spiro atoms. The maximum atomic E-state index is 11.2. The number of hydrogen-bond acceptors (Lipinski definition) is 3. The maximum Gasteiger partial charge on any atom is 0.323 e. The SMILES string of the molecule is NC1(C(=O)O)CCCC1CCOCCC1CC1. The summed E-state index contributed by atoms with van der Waals surface area (Å²) >= 11 is 0. The Morgan fingerprint density at radius 2 is 2.00 bits per heavy atom. The van der Waals surface area contributed by atoms with Crippen molar-refractivity contribution in [2.75, 3.05) is 13.2 Å². The topological polar surface area (TPSA) is 72.6 Å². The number of carboxylic acid groups (broad SMARTS) is 1. The summed E-state index contributed by atoms with van der Waals surface area (Å²) in [4.78, 5) is 11.2. The second-order valence-corrected chi connectivity index (χ2v) is 5.57. The average Bonchev–Trinajstić information content (AvgIpc) is 3.03. The highest BCUT2D eigenvalue weighted by atomic mass is 16.5. The number of carboxylic acids is 1. The van der Waals surface area contributed by atoms with Gasteiger partial charge in [0.1, 0.15) is 5.54 Å². The van der Waals surface area contributed by atoms with Crippen LogP contribution < -0.4 is 5.73 Å². The second-order valence-electron chi connectivity index (χ2n) is 5.57. The molecule has 0 aromatic carbocycles. The molecular formula is C13H23NO3. The standard InChI is InChI=1S/C13H23NO3/c14-13(12(15)16)7-1-2-11(13)6-9-17-8-5-10-3-4-10/h10-11H,1-9,14H2,(H,15,16). The number of carbonyl (C=O) groups is 1. The monoisotopic (exact) mass is 241 g/mol. The molecule has 0 aromatic rings. The maximum absolute atomic E-state index is 11.2. The molecule has 0 heterocycles. The van der Waals surface area contributed by atoms with E-state index in [4.69, 9.17) is 15.6 Å². The van der Waals surface area contributed by atoms with Gasteiger partial charge in [-0.05, 0) is 37.5 Å². The van der Waals surface area contributed by atoms with E-state index in [2.05, 4.69) is 0 Å². The summed E-state index contributed by atoms with van der Waals surface area (Å²) in [6.07, 6.45) is 7.12. The Labute approximate surface area is 103 Å². The fraction of sp³-hybridized carbons (Fsp3) is 0.923. The van der Waals surface area contributed by atoms with Gasteiger partial charge in [0, 0.05) is 13.2 Å². The largest absolute Gasteiger partial charge is 0.480 e. The van der Waals surface area contributed by atoms with Crippen LogP contribution >= 0.6 is 0 Å². The molecule has 2 saturated carbocycles. The van der Waals surface area contributed by atoms with Crippen molar-refractivity contribution in [1.82, 2.24) is 0 Å². The molecule has 2 aliphatic rings. The van der Waals surface area contributed by atoms with Gasteiger partial charge < -0.3 is 15.6 Å². The van der Waals surface area contributed by atoms with Gasteiger partial charge >= 0.3 is 5.97 Å². The van der Waals surface area contributed by atoms with Crippen molar-refractivity contribution in [2.24, 2.45) is 17.6 Å². The van der Waals surface area contributed by atoms with Crippen molar-refractivity contribution in [1.29, 1.82) is 0 Å². The molecule has 98 valence electrons. The normalized spacial score (nSPS) is 32.9. The fourth-order valence-corrected chi connectivity index (χ4v) is 2.77. The Bertz CT molecular complexity index is 278. The van der Waals surface area contributed by atoms with Gasteiger partial charge in [0.05, 0.1) is 0 Å². The summed E-state index contributed by atoms with van der Waals surface area (Å²) in [6.45, 7) is 1.48. The lowest BCUT2D eigenvalue weighted by Crippen LogP contribution is -2.51. The first-order chi connectivity index (χ1) is 8.13. The van der Waals surface area contributed by atoms with Crippen LogP contribution in [0.3, 0.4) is 0 Å². The van der Waals surface area contributed by atoms with Gasteiger partial charge in [-0.2, -0.15) is 0 Å². The summed E-state index contributed by atoms with van der Waals surface area (Å²) in [6, 6.07) is 0. The van der Waals surface area contributed by atoms with Crippen LogP contribution in [0.5, 0.6) is 0 Å². The Morgan fingerprint density at radius 1 is 1.29 bits per heavy atom. The van der Waals surface area contributed by atoms with Crippen LogP contribution in [0.2, 0.25) is 0 Å². The third-order valence-corrected chi connectivity index (χ3v) is 4.25. The molecule has 0 aliphatic heterocycles. The zero-order chi connectivity index (χ0) is 12.3. The van der Waals surface area contributed by atoms with Crippen molar-refractivity contribution < 1.29 is 14.6 Å². The minimum atomic E-state index is -1.00. The van der Waals surface area contributed by atoms with Gasteiger partial charge in [0.2, 0.25) is 0 Å². The number of aliphatic carboxylic acids is 1. The van der Waals surface area contributed by atoms with E-state index in [1.807, 2.05) is 0 Å². The van der Waals surface area contributed by atoms with E-state index in [0.717, 1.165) is 38.2 Å². The van der Waals surface area contributed by atoms with Crippen LogP contribution in [-0.4, -0.2) is 29.8 Å². The van der Waals surface area contributed by atoms with E-state index in [0.29, 0.717) is 13.0 Å². The zero-order valence-electron chi connectivity index (χ0n) is 10.4. The van der Waals surface area contributed by atoms with Crippen LogP contribution in [0.1, 0.15) is 44.9 Å². The van der Waals surface area contributed by atoms with Gasteiger partial charge in [0.15, 0.2) is 0 Å². The highest BCUT2D eigenvalue weighted by molar-refractivity contribution is 5.79. The Hall–Kier alpha value is -0.610. The highest BCUT2D eigenvalue weighted by Gasteiger charge is 2.45. The van der Waals surface area contributed by atoms with Crippen molar-refractivity contribution >= 4 is 5.97 Å². The van der Waals surface area contributed by atoms with Crippen LogP contribution in [0.15, 0.2) is 0 Å². The number of nitrogens with two attached hydrogens (primary N) is 1. The van der Waals surface area contributed by atoms with Gasteiger partial charge in [-0.3, -0.25) is 4.79 Å². The lowest BCUT2D eigenvalue weighted by molar-refractivity contribution is -0.145. The molecule has 0 saturated heterocycles. The highest BCUT2D eigenvalue weighted by Crippen LogP contribution is 2.36. The third kappa shape index (κ3) is 3.19. The molecule has 2 fully saturated rings. The van der Waals surface area contributed by atoms with Crippen molar-refractivity contribution in [2.45, 2.75) is 50.5 Å². The minimum absolute atomic E-state index is 0.0842. The molecule has 3 N–H and O–H groups in total. The molecule has 2 aliphatic carbocycles. The molecule has 2 unspecified atom stereocenters. The van der Waals surface area contributed by atoms with Crippen LogP contribution in [0.4, 0.5) is 0 Å². The fourth-order valence-electron chi connectivity index (χ4n) is 2.77. The summed E-state index contributed by atoms with van der Waals surface area (Å²) in [5, 5.41) is 9.16. The lowest BCUT2D eigenvalue weighted by atomic mass is 9.86. The Morgan fingerprint density at radius 3 is 2.65 bits per heavy atom. The van der Waals surface area contributed by atoms with Crippen LogP contribution in [0, 0.1) is 11.8 Å². The van der Waals surface area contributed by atoms with Crippen molar-refractivity contribution in [3.8, 4) is 0 Å². The van der Waals surface area contributed by atoms with E-state index in [1.165, 1.54) is 12.8 Å². The molecule has 0 bridgehead atoms. The smallest absolute Gasteiger partial charge is 0.323 e. The van der Waals surface area contributed by atoms with Gasteiger partial charge in [0.25, 0.3) is 0 Å². The van der Waals surface area contributed by atoms with E-state index < -0.39 is 11.5 Å². The molecular weight excluding hydrogens is 218 g/mol. The summed E-state index contributed by atoms with van der Waals surface area (Å²) in [5.74, 6) is 0.132. The second kappa shape index (κ2) is 5.36. The summed E-state index contributed by atoms with van der Waals surface area (Å²) < 4.78 is 5.57. The molecule has 0 radical (unpaired) electrons. The van der Waals surface area contributed by atoms with Gasteiger partial charge in [-0.25, -0.2) is 0 Å². The average molecular weight is 241 g/mol. The minimum Gasteiger partial charge on any atom is -0.480 e. The molecule has 4 heteroatoms. The number of hydrogen-bond donors (Lipinski definition) is 2. The van der Waals surface area contributed by atoms with Crippen LogP contribution in [-0.2, 0) is 9.53 Å².